The highest BCUT2D eigenvalue weighted by atomic mass is 16.5. The summed E-state index contributed by atoms with van der Waals surface area (Å²) in [6.45, 7) is 1.03. The van der Waals surface area contributed by atoms with Crippen molar-refractivity contribution >= 4 is 30.2 Å². The highest BCUT2D eigenvalue weighted by Gasteiger charge is 2.30. The second-order valence-corrected chi connectivity index (χ2v) is 9.14. The van der Waals surface area contributed by atoms with E-state index in [9.17, 15) is 24.3 Å². The van der Waals surface area contributed by atoms with E-state index in [1.54, 1.807) is 0 Å². The van der Waals surface area contributed by atoms with Gasteiger partial charge in [0.2, 0.25) is 11.8 Å². The van der Waals surface area contributed by atoms with E-state index in [-0.39, 0.29) is 18.5 Å². The summed E-state index contributed by atoms with van der Waals surface area (Å²) in [7, 11) is 0. The quantitative estimate of drug-likeness (QED) is 0.0894. The van der Waals surface area contributed by atoms with Gasteiger partial charge in [0.05, 0.1) is 12.6 Å². The zero-order chi connectivity index (χ0) is 28.4. The molecule has 1 aliphatic rings. The summed E-state index contributed by atoms with van der Waals surface area (Å²) in [5, 5.41) is 16.9. The van der Waals surface area contributed by atoms with E-state index in [1.807, 2.05) is 48.5 Å². The lowest BCUT2D eigenvalue weighted by atomic mass is 9.98. The van der Waals surface area contributed by atoms with Crippen LogP contribution in [0.2, 0.25) is 0 Å². The van der Waals surface area contributed by atoms with Crippen LogP contribution >= 0.6 is 0 Å². The molecule has 3 atom stereocenters. The number of nitrogens with two attached hydrogens (primary N) is 2. The number of hydrogen-bond donors (Lipinski definition) is 6. The molecular formula is C27H34N6O6. The van der Waals surface area contributed by atoms with Gasteiger partial charge in [0.15, 0.2) is 5.96 Å². The SMILES string of the molecule is C[C@H](NC(=O)[C@@H](CO)NC(=O)OCC1c2ccccc2-c2ccccc21)C(=O)NC(C=O)CCCN=C(N)N. The second-order valence-electron chi connectivity index (χ2n) is 9.14. The van der Waals surface area contributed by atoms with Crippen LogP contribution in [0.1, 0.15) is 36.8 Å². The molecule has 0 spiro atoms. The van der Waals surface area contributed by atoms with Gasteiger partial charge in [-0.1, -0.05) is 48.5 Å². The number of carbonyl (C=O) groups is 4. The Morgan fingerprint density at radius 1 is 1.00 bits per heavy atom. The maximum absolute atomic E-state index is 12.6. The molecule has 3 rings (SSSR count). The Labute approximate surface area is 226 Å². The fraction of sp³-hybridized carbons (Fsp3) is 0.370. The van der Waals surface area contributed by atoms with Gasteiger partial charge in [-0.15, -0.1) is 0 Å². The van der Waals surface area contributed by atoms with E-state index in [0.717, 1.165) is 22.3 Å². The van der Waals surface area contributed by atoms with Crippen LogP contribution in [0.3, 0.4) is 0 Å². The maximum atomic E-state index is 12.6. The zero-order valence-corrected chi connectivity index (χ0v) is 21.6. The first-order valence-electron chi connectivity index (χ1n) is 12.6. The number of nitrogens with zero attached hydrogens (tertiary/aromatic N) is 1. The Bertz CT molecular complexity index is 1170. The molecule has 1 unspecified atom stereocenters. The van der Waals surface area contributed by atoms with Crippen LogP contribution in [-0.4, -0.2) is 73.1 Å². The van der Waals surface area contributed by atoms with Crippen LogP contribution in [0.5, 0.6) is 0 Å². The van der Waals surface area contributed by atoms with Crippen LogP contribution < -0.4 is 27.4 Å². The maximum Gasteiger partial charge on any atom is 0.407 e. The molecular weight excluding hydrogens is 504 g/mol. The van der Waals surface area contributed by atoms with E-state index < -0.39 is 42.6 Å². The minimum atomic E-state index is -1.35. The van der Waals surface area contributed by atoms with Crippen molar-refractivity contribution in [2.75, 3.05) is 19.8 Å². The second kappa shape index (κ2) is 13.9. The van der Waals surface area contributed by atoms with Gasteiger partial charge in [-0.25, -0.2) is 4.79 Å². The number of amides is 3. The molecule has 2 aromatic rings. The van der Waals surface area contributed by atoms with Crippen molar-refractivity contribution in [1.29, 1.82) is 0 Å². The number of rotatable bonds is 13. The van der Waals surface area contributed by atoms with Gasteiger partial charge < -0.3 is 42.1 Å². The number of aliphatic hydroxyl groups is 1. The Morgan fingerprint density at radius 3 is 2.18 bits per heavy atom. The van der Waals surface area contributed by atoms with Crippen LogP contribution in [-0.2, 0) is 19.1 Å². The van der Waals surface area contributed by atoms with Gasteiger partial charge in [0, 0.05) is 12.5 Å². The van der Waals surface area contributed by atoms with E-state index in [0.29, 0.717) is 25.7 Å². The number of guanidine groups is 1. The minimum absolute atomic E-state index is 0.0364. The molecule has 12 heteroatoms. The van der Waals surface area contributed by atoms with Crippen molar-refractivity contribution in [3.05, 3.63) is 59.7 Å². The minimum Gasteiger partial charge on any atom is -0.449 e. The Kier molecular flexibility index (Phi) is 10.4. The van der Waals surface area contributed by atoms with E-state index in [4.69, 9.17) is 16.2 Å². The van der Waals surface area contributed by atoms with E-state index >= 15 is 0 Å². The number of aliphatic imine (C=N–C) groups is 1. The summed E-state index contributed by atoms with van der Waals surface area (Å²) in [6.07, 6.45) is 0.454. The smallest absolute Gasteiger partial charge is 0.407 e. The number of fused-ring (bicyclic) bond motifs is 3. The third-order valence-electron chi connectivity index (χ3n) is 6.35. The predicted octanol–water partition coefficient (Wildman–Crippen LogP) is 0.128. The lowest BCUT2D eigenvalue weighted by Gasteiger charge is -2.21. The number of alkyl carbamates (subject to hydrolysis) is 1. The van der Waals surface area contributed by atoms with Crippen molar-refractivity contribution < 1.29 is 29.0 Å². The first-order valence-corrected chi connectivity index (χ1v) is 12.6. The molecule has 0 heterocycles. The van der Waals surface area contributed by atoms with Crippen molar-refractivity contribution in [1.82, 2.24) is 16.0 Å². The summed E-state index contributed by atoms with van der Waals surface area (Å²) in [6, 6.07) is 12.6. The zero-order valence-electron chi connectivity index (χ0n) is 21.6. The van der Waals surface area contributed by atoms with Gasteiger partial charge in [-0.3, -0.25) is 14.6 Å². The Hall–Kier alpha value is -4.45. The van der Waals surface area contributed by atoms with Crippen molar-refractivity contribution in [3.8, 4) is 11.1 Å². The third-order valence-corrected chi connectivity index (χ3v) is 6.35. The summed E-state index contributed by atoms with van der Waals surface area (Å²) in [5.41, 5.74) is 14.7. The molecule has 0 fully saturated rings. The van der Waals surface area contributed by atoms with Gasteiger partial charge >= 0.3 is 6.09 Å². The van der Waals surface area contributed by atoms with Gasteiger partial charge in [0.25, 0.3) is 0 Å². The fourth-order valence-corrected chi connectivity index (χ4v) is 4.36. The van der Waals surface area contributed by atoms with E-state index in [2.05, 4.69) is 20.9 Å². The molecule has 208 valence electrons. The number of hydrogen-bond acceptors (Lipinski definition) is 7. The number of carbonyl (C=O) groups excluding carboxylic acids is 4. The Balaban J connectivity index is 1.49. The molecule has 0 bridgehead atoms. The monoisotopic (exact) mass is 538 g/mol. The molecule has 0 aliphatic heterocycles. The fourth-order valence-electron chi connectivity index (χ4n) is 4.36. The summed E-state index contributed by atoms with van der Waals surface area (Å²) in [5.74, 6) is -1.63. The first kappa shape index (κ1) is 29.1. The standard InChI is InChI=1S/C27H34N6O6/c1-16(24(36)32-17(13-34)7-6-12-30-26(28)29)31-25(37)23(14-35)33-27(38)39-15-22-20-10-4-2-8-18(20)19-9-3-5-11-21(19)22/h2-5,8-11,13,16-17,22-23,35H,6-7,12,14-15H2,1H3,(H,31,37)(H,32,36)(H,33,38)(H4,28,29,30)/t16-,17?,23+/m0/s1. The lowest BCUT2D eigenvalue weighted by Crippen LogP contribution is -2.55. The van der Waals surface area contributed by atoms with Crippen LogP contribution in [0, 0.1) is 0 Å². The van der Waals surface area contributed by atoms with Crippen LogP contribution in [0.25, 0.3) is 11.1 Å². The highest BCUT2D eigenvalue weighted by molar-refractivity contribution is 5.92. The van der Waals surface area contributed by atoms with Crippen molar-refractivity contribution in [3.63, 3.8) is 0 Å². The molecule has 12 nitrogen and oxygen atoms in total. The number of nitrogens with one attached hydrogen (secondary N) is 3. The largest absolute Gasteiger partial charge is 0.449 e. The molecule has 8 N–H and O–H groups in total. The summed E-state index contributed by atoms with van der Waals surface area (Å²) in [4.78, 5) is 52.7. The van der Waals surface area contributed by atoms with Crippen LogP contribution in [0.4, 0.5) is 4.79 Å². The molecule has 0 radical (unpaired) electrons. The van der Waals surface area contributed by atoms with Crippen LogP contribution in [0.15, 0.2) is 53.5 Å². The molecule has 2 aromatic carbocycles. The number of aliphatic hydroxyl groups excluding tert-OH is 1. The summed E-state index contributed by atoms with van der Waals surface area (Å²) >= 11 is 0. The van der Waals surface area contributed by atoms with E-state index in [1.165, 1.54) is 6.92 Å². The van der Waals surface area contributed by atoms with Gasteiger partial charge in [-0.05, 0) is 42.0 Å². The average Bonchev–Trinajstić information content (AvgIpc) is 3.25. The molecule has 39 heavy (non-hydrogen) atoms. The molecule has 0 saturated carbocycles. The van der Waals surface area contributed by atoms with Crippen molar-refractivity contribution in [2.24, 2.45) is 16.5 Å². The van der Waals surface area contributed by atoms with Gasteiger partial charge in [0.1, 0.15) is 25.0 Å². The number of aldehydes is 1. The molecule has 0 saturated heterocycles. The molecule has 0 aromatic heterocycles. The lowest BCUT2D eigenvalue weighted by molar-refractivity contribution is -0.131. The topological polar surface area (TPSA) is 198 Å². The van der Waals surface area contributed by atoms with Gasteiger partial charge in [-0.2, -0.15) is 0 Å². The molecule has 3 amide bonds. The molecule has 1 aliphatic carbocycles. The third kappa shape index (κ3) is 7.77. The number of benzene rings is 2. The predicted molar refractivity (Wildman–Crippen MR) is 145 cm³/mol. The van der Waals surface area contributed by atoms with Crippen molar-refractivity contribution in [2.45, 2.75) is 43.8 Å². The first-order chi connectivity index (χ1) is 18.7. The number of ether oxygens (including phenoxy) is 1. The Morgan fingerprint density at radius 2 is 1.62 bits per heavy atom. The highest BCUT2D eigenvalue weighted by Crippen LogP contribution is 2.44. The summed E-state index contributed by atoms with van der Waals surface area (Å²) < 4.78 is 5.42. The normalized spacial score (nSPS) is 14.1. The average molecular weight is 539 g/mol.